The van der Waals surface area contributed by atoms with Crippen molar-refractivity contribution in [3.63, 3.8) is 0 Å². The van der Waals surface area contributed by atoms with E-state index in [1.165, 1.54) is 18.2 Å². The van der Waals surface area contributed by atoms with Gasteiger partial charge in [0.2, 0.25) is 5.88 Å². The molecular weight excluding hydrogens is 377 g/mol. The Hall–Kier alpha value is -2.97. The van der Waals surface area contributed by atoms with Crippen molar-refractivity contribution in [2.24, 2.45) is 11.6 Å². The molecule has 0 aliphatic heterocycles. The SMILES string of the molecule is CCOC(=O)/C(NN)=C(/N)Oc1ccc(Cl)c(OCc2ccc(F)cc2)c1. The molecule has 0 saturated carbocycles. The van der Waals surface area contributed by atoms with Crippen LogP contribution < -0.4 is 26.5 Å². The average molecular weight is 396 g/mol. The van der Waals surface area contributed by atoms with Crippen molar-refractivity contribution in [3.05, 3.63) is 70.4 Å². The number of hydrogen-bond acceptors (Lipinski definition) is 7. The van der Waals surface area contributed by atoms with E-state index >= 15 is 0 Å². The van der Waals surface area contributed by atoms with Gasteiger partial charge in [-0.2, -0.15) is 0 Å². The maximum atomic E-state index is 12.9. The molecule has 2 aromatic carbocycles. The van der Waals surface area contributed by atoms with Crippen LogP contribution in [0.2, 0.25) is 5.02 Å². The number of hydrazine groups is 1. The lowest BCUT2D eigenvalue weighted by atomic mass is 10.2. The molecule has 0 atom stereocenters. The smallest absolute Gasteiger partial charge is 0.361 e. The van der Waals surface area contributed by atoms with Crippen LogP contribution in [0.25, 0.3) is 0 Å². The highest BCUT2D eigenvalue weighted by atomic mass is 35.5. The van der Waals surface area contributed by atoms with Gasteiger partial charge in [0, 0.05) is 6.07 Å². The van der Waals surface area contributed by atoms with Gasteiger partial charge in [-0.3, -0.25) is 5.84 Å². The average Bonchev–Trinajstić information content (AvgIpc) is 2.64. The molecule has 0 fully saturated rings. The molecule has 9 heteroatoms. The molecule has 0 radical (unpaired) electrons. The van der Waals surface area contributed by atoms with Crippen molar-refractivity contribution in [2.75, 3.05) is 6.61 Å². The number of hydrogen-bond donors (Lipinski definition) is 3. The number of nitrogens with one attached hydrogen (secondary N) is 1. The second-order valence-corrected chi connectivity index (χ2v) is 5.62. The number of rotatable bonds is 8. The Labute approximate surface area is 160 Å². The molecule has 0 amide bonds. The summed E-state index contributed by atoms with van der Waals surface area (Å²) in [4.78, 5) is 11.8. The number of carbonyl (C=O) groups is 1. The molecule has 0 spiro atoms. The van der Waals surface area contributed by atoms with Crippen molar-refractivity contribution in [3.8, 4) is 11.5 Å². The highest BCUT2D eigenvalue weighted by Gasteiger charge is 2.16. The first kappa shape index (κ1) is 20.3. The van der Waals surface area contributed by atoms with Crippen LogP contribution >= 0.6 is 11.6 Å². The maximum Gasteiger partial charge on any atom is 0.361 e. The van der Waals surface area contributed by atoms with Crippen LogP contribution in [0, 0.1) is 5.82 Å². The third-order valence-corrected chi connectivity index (χ3v) is 3.62. The van der Waals surface area contributed by atoms with Crippen molar-refractivity contribution < 1.29 is 23.4 Å². The molecule has 0 aliphatic rings. The van der Waals surface area contributed by atoms with Crippen molar-refractivity contribution in [1.29, 1.82) is 0 Å². The van der Waals surface area contributed by atoms with Gasteiger partial charge >= 0.3 is 5.97 Å². The molecular formula is C18H19ClFN3O4. The summed E-state index contributed by atoms with van der Waals surface area (Å²) in [5.74, 6) is 4.53. The molecule has 27 heavy (non-hydrogen) atoms. The number of esters is 1. The van der Waals surface area contributed by atoms with Crippen LogP contribution in [-0.4, -0.2) is 12.6 Å². The van der Waals surface area contributed by atoms with Gasteiger partial charge in [0.15, 0.2) is 5.70 Å². The molecule has 7 nitrogen and oxygen atoms in total. The van der Waals surface area contributed by atoms with Gasteiger partial charge in [-0.15, -0.1) is 0 Å². The minimum Gasteiger partial charge on any atom is -0.487 e. The summed E-state index contributed by atoms with van der Waals surface area (Å²) in [5.41, 5.74) is 8.45. The zero-order valence-electron chi connectivity index (χ0n) is 14.5. The van der Waals surface area contributed by atoms with Crippen LogP contribution in [-0.2, 0) is 16.1 Å². The first-order valence-electron chi connectivity index (χ1n) is 7.92. The summed E-state index contributed by atoms with van der Waals surface area (Å²) in [6, 6.07) is 10.5. The molecule has 2 aromatic rings. The maximum absolute atomic E-state index is 12.9. The summed E-state index contributed by atoms with van der Waals surface area (Å²) < 4.78 is 28.8. The van der Waals surface area contributed by atoms with Gasteiger partial charge in [-0.05, 0) is 36.8 Å². The van der Waals surface area contributed by atoms with Gasteiger partial charge < -0.3 is 25.4 Å². The van der Waals surface area contributed by atoms with Gasteiger partial charge in [0.1, 0.15) is 23.9 Å². The van der Waals surface area contributed by atoms with Gasteiger partial charge in [0.25, 0.3) is 0 Å². The fourth-order valence-corrected chi connectivity index (χ4v) is 2.18. The predicted molar refractivity (Wildman–Crippen MR) is 98.0 cm³/mol. The molecule has 144 valence electrons. The molecule has 0 aromatic heterocycles. The summed E-state index contributed by atoms with van der Waals surface area (Å²) in [6.45, 7) is 1.97. The Morgan fingerprint density at radius 3 is 2.56 bits per heavy atom. The lowest BCUT2D eigenvalue weighted by Crippen LogP contribution is -2.32. The zero-order valence-corrected chi connectivity index (χ0v) is 15.3. The Balaban J connectivity index is 2.13. The van der Waals surface area contributed by atoms with Crippen LogP contribution in [0.5, 0.6) is 11.5 Å². The Morgan fingerprint density at radius 2 is 1.93 bits per heavy atom. The quantitative estimate of drug-likeness (QED) is 0.207. The Kier molecular flexibility index (Phi) is 7.27. The van der Waals surface area contributed by atoms with Crippen molar-refractivity contribution in [2.45, 2.75) is 13.5 Å². The van der Waals surface area contributed by atoms with Crippen LogP contribution in [0.15, 0.2) is 54.0 Å². The minimum atomic E-state index is -0.751. The summed E-state index contributed by atoms with van der Waals surface area (Å²) in [6.07, 6.45) is 0. The Morgan fingerprint density at radius 1 is 1.22 bits per heavy atom. The monoisotopic (exact) mass is 395 g/mol. The molecule has 2 rings (SSSR count). The van der Waals surface area contributed by atoms with Crippen molar-refractivity contribution >= 4 is 17.6 Å². The molecule has 0 saturated heterocycles. The van der Waals surface area contributed by atoms with E-state index in [2.05, 4.69) is 5.43 Å². The predicted octanol–water partition coefficient (Wildman–Crippen LogP) is 2.59. The standard InChI is InChI=1S/C18H19ClFN3O4/c1-2-25-18(24)16(23-22)17(21)27-13-7-8-14(19)15(9-13)26-10-11-3-5-12(20)6-4-11/h3-9,23H,2,10,21-22H2,1H3/b17-16+. The first-order valence-corrected chi connectivity index (χ1v) is 8.30. The molecule has 0 bridgehead atoms. The van der Waals surface area contributed by atoms with E-state index in [1.807, 2.05) is 0 Å². The highest BCUT2D eigenvalue weighted by Crippen LogP contribution is 2.30. The number of halogens is 2. The first-order chi connectivity index (χ1) is 12.9. The van der Waals surface area contributed by atoms with Crippen molar-refractivity contribution in [1.82, 2.24) is 5.43 Å². The normalized spacial score (nSPS) is 11.4. The lowest BCUT2D eigenvalue weighted by Gasteiger charge is -2.13. The number of benzene rings is 2. The number of nitrogens with two attached hydrogens (primary N) is 2. The van der Waals surface area contributed by atoms with E-state index in [9.17, 15) is 9.18 Å². The summed E-state index contributed by atoms with van der Waals surface area (Å²) >= 11 is 6.12. The summed E-state index contributed by atoms with van der Waals surface area (Å²) in [5, 5.41) is 0.342. The number of carbonyl (C=O) groups excluding carboxylic acids is 1. The topological polar surface area (TPSA) is 109 Å². The van der Waals surface area contributed by atoms with E-state index in [0.717, 1.165) is 5.56 Å². The second kappa shape index (κ2) is 9.65. The van der Waals surface area contributed by atoms with Crippen LogP contribution in [0.3, 0.4) is 0 Å². The fourth-order valence-electron chi connectivity index (χ4n) is 2.01. The minimum absolute atomic E-state index is 0.152. The van der Waals surface area contributed by atoms with E-state index in [0.29, 0.717) is 10.8 Å². The molecule has 5 N–H and O–H groups in total. The fraction of sp³-hybridized carbons (Fsp3) is 0.167. The number of ether oxygens (including phenoxy) is 3. The van der Waals surface area contributed by atoms with Gasteiger partial charge in [-0.1, -0.05) is 23.7 Å². The third kappa shape index (κ3) is 5.77. The third-order valence-electron chi connectivity index (χ3n) is 3.31. The molecule has 0 unspecified atom stereocenters. The van der Waals surface area contributed by atoms with Gasteiger partial charge in [-0.25, -0.2) is 9.18 Å². The zero-order chi connectivity index (χ0) is 19.8. The van der Waals surface area contributed by atoms with Crippen LogP contribution in [0.1, 0.15) is 12.5 Å². The highest BCUT2D eigenvalue weighted by molar-refractivity contribution is 6.32. The molecule has 0 aliphatic carbocycles. The van der Waals surface area contributed by atoms with Crippen LogP contribution in [0.4, 0.5) is 4.39 Å². The summed E-state index contributed by atoms with van der Waals surface area (Å²) in [7, 11) is 0. The van der Waals surface area contributed by atoms with E-state index in [-0.39, 0.29) is 36.4 Å². The van der Waals surface area contributed by atoms with Gasteiger partial charge in [0.05, 0.1) is 11.6 Å². The van der Waals surface area contributed by atoms with E-state index in [4.69, 9.17) is 37.4 Å². The molecule has 0 heterocycles. The lowest BCUT2D eigenvalue weighted by molar-refractivity contribution is -0.139. The largest absolute Gasteiger partial charge is 0.487 e. The Bertz CT molecular complexity index is 828. The van der Waals surface area contributed by atoms with E-state index in [1.54, 1.807) is 31.2 Å². The van der Waals surface area contributed by atoms with E-state index < -0.39 is 5.97 Å². The second-order valence-electron chi connectivity index (χ2n) is 5.21.